The number of nitrogens with one attached hydrogen (secondary N) is 1. The number of hydrogen-bond acceptors (Lipinski definition) is 6. The molecule has 0 saturated carbocycles. The molecule has 0 atom stereocenters. The van der Waals surface area contributed by atoms with Crippen molar-refractivity contribution in [1.29, 1.82) is 0 Å². The molecule has 0 saturated heterocycles. The van der Waals surface area contributed by atoms with Gasteiger partial charge in [-0.3, -0.25) is 9.59 Å². The molecule has 23 heavy (non-hydrogen) atoms. The van der Waals surface area contributed by atoms with Crippen LogP contribution in [0, 0.1) is 0 Å². The van der Waals surface area contributed by atoms with Gasteiger partial charge in [0.25, 0.3) is 11.5 Å². The number of furan rings is 1. The normalized spacial score (nSPS) is 10.6. The first-order valence-electron chi connectivity index (χ1n) is 7.05. The van der Waals surface area contributed by atoms with E-state index >= 15 is 0 Å². The lowest BCUT2D eigenvalue weighted by Gasteiger charge is -2.04. The number of amides is 1. The Hall–Kier alpha value is -3.16. The van der Waals surface area contributed by atoms with Gasteiger partial charge in [-0.2, -0.15) is 5.10 Å². The van der Waals surface area contributed by atoms with Crippen LogP contribution >= 0.6 is 0 Å². The summed E-state index contributed by atoms with van der Waals surface area (Å²) in [6.45, 7) is 0.821. The summed E-state index contributed by atoms with van der Waals surface area (Å²) in [6, 6.07) is 7.97. The highest BCUT2D eigenvalue weighted by Gasteiger charge is 2.14. The second-order valence-corrected chi connectivity index (χ2v) is 4.75. The zero-order valence-electron chi connectivity index (χ0n) is 12.1. The summed E-state index contributed by atoms with van der Waals surface area (Å²) in [7, 11) is 0. The molecule has 0 unspecified atom stereocenters. The van der Waals surface area contributed by atoms with E-state index in [1.54, 1.807) is 24.4 Å². The van der Waals surface area contributed by atoms with Crippen molar-refractivity contribution in [2.24, 2.45) is 0 Å². The Kier molecular flexibility index (Phi) is 4.32. The third-order valence-corrected chi connectivity index (χ3v) is 3.12. The predicted molar refractivity (Wildman–Crippen MR) is 79.7 cm³/mol. The van der Waals surface area contributed by atoms with Gasteiger partial charge in [0, 0.05) is 31.4 Å². The summed E-state index contributed by atoms with van der Waals surface area (Å²) in [5.74, 6) is 0.547. The Morgan fingerprint density at radius 2 is 2.17 bits per heavy atom. The first-order chi connectivity index (χ1) is 11.2. The fourth-order valence-electron chi connectivity index (χ4n) is 1.99. The van der Waals surface area contributed by atoms with Crippen molar-refractivity contribution in [3.63, 3.8) is 0 Å². The van der Waals surface area contributed by atoms with Crippen molar-refractivity contribution in [1.82, 2.24) is 20.3 Å². The third kappa shape index (κ3) is 3.54. The van der Waals surface area contributed by atoms with Gasteiger partial charge in [-0.25, -0.2) is 4.68 Å². The van der Waals surface area contributed by atoms with Crippen molar-refractivity contribution in [2.45, 2.75) is 13.0 Å². The summed E-state index contributed by atoms with van der Waals surface area (Å²) in [4.78, 5) is 23.4. The van der Waals surface area contributed by atoms with E-state index in [-0.39, 0.29) is 17.2 Å². The molecule has 0 spiro atoms. The number of aryl methyl sites for hydroxylation is 1. The highest BCUT2D eigenvalue weighted by atomic mass is 16.5. The monoisotopic (exact) mass is 314 g/mol. The molecular weight excluding hydrogens is 300 g/mol. The predicted octanol–water partition coefficient (Wildman–Crippen LogP) is 1.31. The number of hydrogen-bond donors (Lipinski definition) is 1. The second kappa shape index (κ2) is 6.73. The maximum Gasteiger partial charge on any atom is 0.273 e. The highest BCUT2D eigenvalue weighted by molar-refractivity contribution is 5.92. The van der Waals surface area contributed by atoms with E-state index in [0.717, 1.165) is 0 Å². The zero-order chi connectivity index (χ0) is 16.1. The Morgan fingerprint density at radius 3 is 2.96 bits per heavy atom. The van der Waals surface area contributed by atoms with Crippen molar-refractivity contribution in [2.75, 3.05) is 6.54 Å². The van der Waals surface area contributed by atoms with Gasteiger partial charge in [-0.05, 0) is 24.6 Å². The van der Waals surface area contributed by atoms with Gasteiger partial charge in [0.05, 0.1) is 6.26 Å². The topological polar surface area (TPSA) is 103 Å². The highest BCUT2D eigenvalue weighted by Crippen LogP contribution is 2.20. The zero-order valence-corrected chi connectivity index (χ0v) is 12.1. The molecule has 118 valence electrons. The van der Waals surface area contributed by atoms with Crippen LogP contribution in [0.15, 0.2) is 56.5 Å². The molecule has 8 nitrogen and oxygen atoms in total. The lowest BCUT2D eigenvalue weighted by Crippen LogP contribution is -2.27. The summed E-state index contributed by atoms with van der Waals surface area (Å²) >= 11 is 0. The van der Waals surface area contributed by atoms with Crippen molar-refractivity contribution in [3.05, 3.63) is 58.8 Å². The molecule has 0 aliphatic heterocycles. The van der Waals surface area contributed by atoms with Crippen molar-refractivity contribution < 1.29 is 13.7 Å². The van der Waals surface area contributed by atoms with E-state index in [1.807, 2.05) is 0 Å². The van der Waals surface area contributed by atoms with Gasteiger partial charge in [-0.15, -0.1) is 0 Å². The Balaban J connectivity index is 1.50. The Labute approximate surface area is 130 Å². The second-order valence-electron chi connectivity index (χ2n) is 4.75. The van der Waals surface area contributed by atoms with E-state index in [2.05, 4.69) is 15.6 Å². The number of rotatable bonds is 6. The minimum absolute atomic E-state index is 0.168. The van der Waals surface area contributed by atoms with Crippen LogP contribution in [-0.2, 0) is 6.54 Å². The van der Waals surface area contributed by atoms with Crippen LogP contribution in [-0.4, -0.2) is 27.4 Å². The van der Waals surface area contributed by atoms with E-state index in [4.69, 9.17) is 8.94 Å². The van der Waals surface area contributed by atoms with Crippen LogP contribution in [0.2, 0.25) is 0 Å². The largest absolute Gasteiger partial charge is 0.461 e. The molecule has 1 N–H and O–H groups in total. The maximum atomic E-state index is 12.0. The molecule has 0 aliphatic rings. The smallest absolute Gasteiger partial charge is 0.273 e. The van der Waals surface area contributed by atoms with Crippen LogP contribution < -0.4 is 10.9 Å². The number of aromatic nitrogens is 3. The molecule has 0 aromatic carbocycles. The van der Waals surface area contributed by atoms with Crippen LogP contribution in [0.4, 0.5) is 0 Å². The fourth-order valence-corrected chi connectivity index (χ4v) is 1.99. The third-order valence-electron chi connectivity index (χ3n) is 3.12. The van der Waals surface area contributed by atoms with E-state index < -0.39 is 0 Å². The molecule has 0 radical (unpaired) electrons. The minimum atomic E-state index is -0.347. The number of carbonyl (C=O) groups is 1. The molecule has 0 bridgehead atoms. The molecule has 0 aliphatic carbocycles. The van der Waals surface area contributed by atoms with Gasteiger partial charge < -0.3 is 14.3 Å². The standard InChI is InChI=1S/C15H14N4O4/c20-14-5-1-7-17-19(14)8-3-6-16-15(21)11-10-13(23-18-11)12-4-2-9-22-12/h1-2,4-5,7,9-10H,3,6,8H2,(H,16,21). The van der Waals surface area contributed by atoms with Crippen LogP contribution in [0.5, 0.6) is 0 Å². The van der Waals surface area contributed by atoms with E-state index in [1.165, 1.54) is 23.1 Å². The van der Waals surface area contributed by atoms with E-state index in [9.17, 15) is 9.59 Å². The maximum absolute atomic E-state index is 12.0. The van der Waals surface area contributed by atoms with Crippen LogP contribution in [0.3, 0.4) is 0 Å². The van der Waals surface area contributed by atoms with Gasteiger partial charge in [0.1, 0.15) is 0 Å². The van der Waals surface area contributed by atoms with Gasteiger partial charge in [0.2, 0.25) is 5.76 Å². The summed E-state index contributed by atoms with van der Waals surface area (Å²) in [5.41, 5.74) is 0.00446. The lowest BCUT2D eigenvalue weighted by molar-refractivity contribution is 0.0943. The average molecular weight is 314 g/mol. The molecule has 0 fully saturated rings. The summed E-state index contributed by atoms with van der Waals surface area (Å²) in [5, 5.41) is 10.4. The van der Waals surface area contributed by atoms with Crippen molar-refractivity contribution >= 4 is 5.91 Å². The fraction of sp³-hybridized carbons (Fsp3) is 0.200. The quantitative estimate of drug-likeness (QED) is 0.688. The van der Waals surface area contributed by atoms with Crippen LogP contribution in [0.25, 0.3) is 11.5 Å². The summed E-state index contributed by atoms with van der Waals surface area (Å²) in [6.07, 6.45) is 3.63. The Bertz CT molecular complexity index is 835. The SMILES string of the molecule is O=C(NCCCn1ncccc1=O)c1cc(-c2ccco2)on1. The first kappa shape index (κ1) is 14.8. The average Bonchev–Trinajstić information content (AvgIpc) is 3.23. The van der Waals surface area contributed by atoms with Gasteiger partial charge >= 0.3 is 0 Å². The molecule has 3 aromatic rings. The number of carbonyl (C=O) groups excluding carboxylic acids is 1. The molecule has 3 aromatic heterocycles. The minimum Gasteiger partial charge on any atom is -0.461 e. The molecule has 3 rings (SSSR count). The Morgan fingerprint density at radius 1 is 1.26 bits per heavy atom. The lowest BCUT2D eigenvalue weighted by atomic mass is 10.3. The van der Waals surface area contributed by atoms with Gasteiger partial charge in [-0.1, -0.05) is 5.16 Å². The summed E-state index contributed by atoms with van der Waals surface area (Å²) < 4.78 is 11.6. The molecular formula is C15H14N4O4. The van der Waals surface area contributed by atoms with Gasteiger partial charge in [0.15, 0.2) is 11.5 Å². The first-order valence-corrected chi connectivity index (χ1v) is 7.05. The molecule has 1 amide bonds. The van der Waals surface area contributed by atoms with E-state index in [0.29, 0.717) is 31.0 Å². The van der Waals surface area contributed by atoms with Crippen LogP contribution in [0.1, 0.15) is 16.9 Å². The molecule has 3 heterocycles. The number of nitrogens with zero attached hydrogens (tertiary/aromatic N) is 3. The van der Waals surface area contributed by atoms with Crippen molar-refractivity contribution in [3.8, 4) is 11.5 Å². The molecule has 8 heteroatoms.